The van der Waals surface area contributed by atoms with Gasteiger partial charge in [0.25, 0.3) is 0 Å². The first-order valence-corrected chi connectivity index (χ1v) is 10.5. The molecule has 8 heteroatoms. The number of hydrogen-bond donors (Lipinski definition) is 1. The van der Waals surface area contributed by atoms with Crippen LogP contribution in [0.4, 0.5) is 19.0 Å². The van der Waals surface area contributed by atoms with E-state index in [1.54, 1.807) is 10.7 Å². The number of amides is 1. The fourth-order valence-electron chi connectivity index (χ4n) is 3.05. The first kappa shape index (κ1) is 23.1. The summed E-state index contributed by atoms with van der Waals surface area (Å²) < 4.78 is 42.1. The number of carbonyl (C=O) groups excluding carboxylic acids is 1. The second-order valence-electron chi connectivity index (χ2n) is 8.44. The summed E-state index contributed by atoms with van der Waals surface area (Å²) in [5.41, 5.74) is 1.38. The average molecular weight is 494 g/mol. The first-order chi connectivity index (χ1) is 14.3. The van der Waals surface area contributed by atoms with E-state index in [4.69, 9.17) is 0 Å². The van der Waals surface area contributed by atoms with Gasteiger partial charge in [-0.2, -0.15) is 18.3 Å². The SMILES string of the molecule is Cc1ccc(-n2nc(C(C)(C)C)cc2NC(=O)Cc2ccc(Br)cc2C(F)(F)F)cc1. The van der Waals surface area contributed by atoms with Gasteiger partial charge in [0.1, 0.15) is 5.82 Å². The van der Waals surface area contributed by atoms with Gasteiger partial charge in [-0.15, -0.1) is 0 Å². The number of benzene rings is 2. The first-order valence-electron chi connectivity index (χ1n) is 9.67. The Kier molecular flexibility index (Phi) is 6.32. The van der Waals surface area contributed by atoms with Crippen LogP contribution in [0.1, 0.15) is 43.2 Å². The minimum Gasteiger partial charge on any atom is -0.310 e. The quantitative estimate of drug-likeness (QED) is 0.454. The molecular weight excluding hydrogens is 471 g/mol. The van der Waals surface area contributed by atoms with Gasteiger partial charge in [0.15, 0.2) is 0 Å². The summed E-state index contributed by atoms with van der Waals surface area (Å²) in [6.07, 6.45) is -4.96. The van der Waals surface area contributed by atoms with Crippen LogP contribution in [0.15, 0.2) is 53.0 Å². The van der Waals surface area contributed by atoms with Gasteiger partial charge in [0.05, 0.1) is 23.4 Å². The fourth-order valence-corrected chi connectivity index (χ4v) is 3.41. The van der Waals surface area contributed by atoms with E-state index in [1.165, 1.54) is 12.1 Å². The van der Waals surface area contributed by atoms with Gasteiger partial charge in [0.2, 0.25) is 5.91 Å². The van der Waals surface area contributed by atoms with E-state index in [0.717, 1.165) is 23.0 Å². The van der Waals surface area contributed by atoms with Crippen molar-refractivity contribution in [2.45, 2.75) is 45.7 Å². The van der Waals surface area contributed by atoms with E-state index < -0.39 is 24.1 Å². The number of nitrogens with one attached hydrogen (secondary N) is 1. The molecule has 0 spiro atoms. The van der Waals surface area contributed by atoms with Crippen molar-refractivity contribution in [1.29, 1.82) is 0 Å². The van der Waals surface area contributed by atoms with Gasteiger partial charge >= 0.3 is 6.18 Å². The largest absolute Gasteiger partial charge is 0.416 e. The molecule has 2 aromatic carbocycles. The molecule has 0 radical (unpaired) electrons. The van der Waals surface area contributed by atoms with Crippen molar-refractivity contribution in [3.05, 3.63) is 75.4 Å². The molecule has 0 aliphatic carbocycles. The lowest BCUT2D eigenvalue weighted by Crippen LogP contribution is -2.19. The molecule has 0 aliphatic rings. The lowest BCUT2D eigenvalue weighted by Gasteiger charge is -2.14. The Morgan fingerprint density at radius 1 is 1.06 bits per heavy atom. The molecule has 0 fully saturated rings. The normalized spacial score (nSPS) is 12.1. The van der Waals surface area contributed by atoms with Crippen molar-refractivity contribution in [2.75, 3.05) is 5.32 Å². The minimum absolute atomic E-state index is 0.0920. The third kappa shape index (κ3) is 5.55. The van der Waals surface area contributed by atoms with Crippen LogP contribution in [0.2, 0.25) is 0 Å². The summed E-state index contributed by atoms with van der Waals surface area (Å²) in [5.74, 6) is -0.147. The summed E-state index contributed by atoms with van der Waals surface area (Å²) in [5, 5.41) is 7.37. The zero-order valence-electron chi connectivity index (χ0n) is 17.6. The van der Waals surface area contributed by atoms with Crippen LogP contribution in [0.5, 0.6) is 0 Å². The highest BCUT2D eigenvalue weighted by molar-refractivity contribution is 9.10. The zero-order chi connectivity index (χ0) is 23.0. The second-order valence-corrected chi connectivity index (χ2v) is 9.35. The van der Waals surface area contributed by atoms with Crippen molar-refractivity contribution in [2.24, 2.45) is 0 Å². The molecule has 0 saturated carbocycles. The Labute approximate surface area is 187 Å². The maximum Gasteiger partial charge on any atom is 0.416 e. The highest BCUT2D eigenvalue weighted by atomic mass is 79.9. The Morgan fingerprint density at radius 2 is 1.71 bits per heavy atom. The minimum atomic E-state index is -4.55. The van der Waals surface area contributed by atoms with Gasteiger partial charge in [-0.05, 0) is 36.8 Å². The molecule has 1 aromatic heterocycles. The standard InChI is InChI=1S/C23H23BrF3N3O/c1-14-5-9-17(10-6-14)30-20(13-19(29-30)22(2,3)4)28-21(31)11-15-7-8-16(24)12-18(15)23(25,26)27/h5-10,12-13H,11H2,1-4H3,(H,28,31). The number of hydrogen-bond acceptors (Lipinski definition) is 2. The maximum absolute atomic E-state index is 13.4. The monoisotopic (exact) mass is 493 g/mol. The van der Waals surface area contributed by atoms with Crippen molar-refractivity contribution in [3.63, 3.8) is 0 Å². The van der Waals surface area contributed by atoms with E-state index in [0.29, 0.717) is 10.3 Å². The molecule has 1 N–H and O–H groups in total. The predicted molar refractivity (Wildman–Crippen MR) is 118 cm³/mol. The zero-order valence-corrected chi connectivity index (χ0v) is 19.2. The van der Waals surface area contributed by atoms with Gasteiger partial charge in [-0.25, -0.2) is 4.68 Å². The van der Waals surface area contributed by atoms with Crippen LogP contribution in [0, 0.1) is 6.92 Å². The van der Waals surface area contributed by atoms with Crippen molar-refractivity contribution in [3.8, 4) is 5.69 Å². The summed E-state index contributed by atoms with van der Waals surface area (Å²) in [4.78, 5) is 12.7. The van der Waals surface area contributed by atoms with Crippen molar-refractivity contribution < 1.29 is 18.0 Å². The fraction of sp³-hybridized carbons (Fsp3) is 0.304. The Morgan fingerprint density at radius 3 is 2.29 bits per heavy atom. The van der Waals surface area contributed by atoms with E-state index in [-0.39, 0.29) is 11.0 Å². The highest BCUT2D eigenvalue weighted by Gasteiger charge is 2.34. The van der Waals surface area contributed by atoms with E-state index in [2.05, 4.69) is 26.3 Å². The third-order valence-electron chi connectivity index (χ3n) is 4.75. The Hall–Kier alpha value is -2.61. The van der Waals surface area contributed by atoms with Crippen LogP contribution in [-0.4, -0.2) is 15.7 Å². The molecule has 164 valence electrons. The average Bonchev–Trinajstić information content (AvgIpc) is 3.07. The molecule has 31 heavy (non-hydrogen) atoms. The van der Waals surface area contributed by atoms with Gasteiger partial charge in [0, 0.05) is 16.0 Å². The van der Waals surface area contributed by atoms with E-state index in [9.17, 15) is 18.0 Å². The molecule has 0 saturated heterocycles. The smallest absolute Gasteiger partial charge is 0.310 e. The molecule has 0 aliphatic heterocycles. The number of rotatable bonds is 4. The number of halogens is 4. The molecule has 3 rings (SSSR count). The number of anilines is 1. The Balaban J connectivity index is 1.93. The number of alkyl halides is 3. The molecule has 1 amide bonds. The van der Waals surface area contributed by atoms with Gasteiger partial charge < -0.3 is 5.32 Å². The second kappa shape index (κ2) is 8.49. The van der Waals surface area contributed by atoms with Crippen LogP contribution in [0.3, 0.4) is 0 Å². The van der Waals surface area contributed by atoms with E-state index in [1.807, 2.05) is 52.0 Å². The molecule has 0 bridgehead atoms. The van der Waals surface area contributed by atoms with Crippen molar-refractivity contribution >= 4 is 27.7 Å². The summed E-state index contributed by atoms with van der Waals surface area (Å²) in [6.45, 7) is 7.96. The van der Waals surface area contributed by atoms with Crippen LogP contribution in [0.25, 0.3) is 5.69 Å². The number of aromatic nitrogens is 2. The van der Waals surface area contributed by atoms with Crippen LogP contribution >= 0.6 is 15.9 Å². The van der Waals surface area contributed by atoms with E-state index >= 15 is 0 Å². The summed E-state index contributed by atoms with van der Waals surface area (Å²) in [7, 11) is 0. The number of aryl methyl sites for hydroxylation is 1. The van der Waals surface area contributed by atoms with Gasteiger partial charge in [-0.3, -0.25) is 4.79 Å². The molecule has 4 nitrogen and oxygen atoms in total. The van der Waals surface area contributed by atoms with Crippen molar-refractivity contribution in [1.82, 2.24) is 9.78 Å². The molecular formula is C23H23BrF3N3O. The molecule has 0 unspecified atom stereocenters. The summed E-state index contributed by atoms with van der Waals surface area (Å²) in [6, 6.07) is 13.1. The number of nitrogens with zero attached hydrogens (tertiary/aromatic N) is 2. The van der Waals surface area contributed by atoms with Gasteiger partial charge in [-0.1, -0.05) is 60.5 Å². The van der Waals surface area contributed by atoms with Crippen LogP contribution < -0.4 is 5.32 Å². The maximum atomic E-state index is 13.4. The topological polar surface area (TPSA) is 46.9 Å². The lowest BCUT2D eigenvalue weighted by atomic mass is 9.92. The highest BCUT2D eigenvalue weighted by Crippen LogP contribution is 2.34. The predicted octanol–water partition coefficient (Wildman–Crippen LogP) is 6.44. The third-order valence-corrected chi connectivity index (χ3v) is 5.25. The molecule has 0 atom stereocenters. The number of carbonyl (C=O) groups is 1. The summed E-state index contributed by atoms with van der Waals surface area (Å²) >= 11 is 3.06. The lowest BCUT2D eigenvalue weighted by molar-refractivity contribution is -0.138. The molecule has 3 aromatic rings. The Bertz CT molecular complexity index is 1100. The molecule has 1 heterocycles. The van der Waals surface area contributed by atoms with Crippen LogP contribution in [-0.2, 0) is 22.8 Å².